The smallest absolute Gasteiger partial charge is 0.163 e. The van der Waals surface area contributed by atoms with Gasteiger partial charge in [-0.05, 0) is 32.4 Å². The zero-order valence-corrected chi connectivity index (χ0v) is 10.3. The highest BCUT2D eigenvalue weighted by molar-refractivity contribution is 5.96. The van der Waals surface area contributed by atoms with Crippen LogP contribution in [0.15, 0.2) is 24.3 Å². The average molecular weight is 220 g/mol. The van der Waals surface area contributed by atoms with Crippen LogP contribution in [0.5, 0.6) is 5.75 Å². The largest absolute Gasteiger partial charge is 0.491 e. The van der Waals surface area contributed by atoms with Crippen LogP contribution in [0.3, 0.4) is 0 Å². The highest BCUT2D eigenvalue weighted by Crippen LogP contribution is 2.16. The van der Waals surface area contributed by atoms with Crippen LogP contribution < -0.4 is 4.74 Å². The van der Waals surface area contributed by atoms with E-state index in [1.807, 2.05) is 38.1 Å². The molecule has 0 aromatic heterocycles. The Labute approximate surface area is 97.6 Å². The van der Waals surface area contributed by atoms with Crippen LogP contribution in [0.2, 0.25) is 0 Å². The van der Waals surface area contributed by atoms with Crippen molar-refractivity contribution >= 4 is 5.78 Å². The van der Waals surface area contributed by atoms with Gasteiger partial charge in [0, 0.05) is 12.0 Å². The minimum absolute atomic E-state index is 0.140. The van der Waals surface area contributed by atoms with Crippen LogP contribution in [0.4, 0.5) is 0 Å². The SMILES string of the molecule is CCCCC(=O)c1cccc(OC(C)C)c1. The number of Topliss-reactive ketones (excluding diaryl/α,β-unsaturated/α-hetero) is 1. The first-order chi connectivity index (χ1) is 7.63. The molecule has 0 saturated heterocycles. The number of hydrogen-bond acceptors (Lipinski definition) is 2. The monoisotopic (exact) mass is 220 g/mol. The molecule has 0 atom stereocenters. The summed E-state index contributed by atoms with van der Waals surface area (Å²) in [7, 11) is 0. The third-order valence-corrected chi connectivity index (χ3v) is 2.29. The molecule has 0 unspecified atom stereocenters. The molecule has 0 aliphatic heterocycles. The lowest BCUT2D eigenvalue weighted by Gasteiger charge is -2.10. The molecule has 88 valence electrons. The number of rotatable bonds is 6. The maximum Gasteiger partial charge on any atom is 0.163 e. The Hall–Kier alpha value is -1.31. The molecule has 0 aliphatic rings. The molecule has 1 rings (SSSR count). The Balaban J connectivity index is 2.69. The Morgan fingerprint density at radius 2 is 2.12 bits per heavy atom. The van der Waals surface area contributed by atoms with Crippen molar-refractivity contribution in [3.8, 4) is 5.75 Å². The first kappa shape index (κ1) is 12.8. The Morgan fingerprint density at radius 1 is 1.38 bits per heavy atom. The summed E-state index contributed by atoms with van der Waals surface area (Å²) < 4.78 is 5.56. The quantitative estimate of drug-likeness (QED) is 0.681. The summed E-state index contributed by atoms with van der Waals surface area (Å²) >= 11 is 0. The topological polar surface area (TPSA) is 26.3 Å². The molecular weight excluding hydrogens is 200 g/mol. The van der Waals surface area contributed by atoms with Crippen molar-refractivity contribution in [2.24, 2.45) is 0 Å². The minimum Gasteiger partial charge on any atom is -0.491 e. The molecule has 0 heterocycles. The second-order valence-corrected chi connectivity index (χ2v) is 4.22. The van der Waals surface area contributed by atoms with E-state index in [0.29, 0.717) is 6.42 Å². The highest BCUT2D eigenvalue weighted by atomic mass is 16.5. The molecule has 0 saturated carbocycles. The van der Waals surface area contributed by atoms with Gasteiger partial charge in [0.1, 0.15) is 5.75 Å². The molecular formula is C14H20O2. The predicted octanol–water partition coefficient (Wildman–Crippen LogP) is 3.85. The molecule has 0 spiro atoms. The zero-order valence-electron chi connectivity index (χ0n) is 10.3. The molecule has 2 heteroatoms. The van der Waals surface area contributed by atoms with E-state index < -0.39 is 0 Å². The first-order valence-electron chi connectivity index (χ1n) is 5.93. The number of carbonyl (C=O) groups excluding carboxylic acids is 1. The van der Waals surface area contributed by atoms with Gasteiger partial charge in [-0.15, -0.1) is 0 Å². The minimum atomic E-state index is 0.140. The van der Waals surface area contributed by atoms with Gasteiger partial charge in [0.25, 0.3) is 0 Å². The predicted molar refractivity (Wildman–Crippen MR) is 66.1 cm³/mol. The van der Waals surface area contributed by atoms with Crippen molar-refractivity contribution in [1.29, 1.82) is 0 Å². The van der Waals surface area contributed by atoms with E-state index in [1.54, 1.807) is 0 Å². The highest BCUT2D eigenvalue weighted by Gasteiger charge is 2.06. The lowest BCUT2D eigenvalue weighted by Crippen LogP contribution is -2.06. The molecule has 0 aliphatic carbocycles. The van der Waals surface area contributed by atoms with E-state index in [2.05, 4.69) is 6.92 Å². The standard InChI is InChI=1S/C14H20O2/c1-4-5-9-14(15)12-7-6-8-13(10-12)16-11(2)3/h6-8,10-11H,4-5,9H2,1-3H3. The van der Waals surface area contributed by atoms with E-state index in [9.17, 15) is 4.79 Å². The van der Waals surface area contributed by atoms with E-state index in [1.165, 1.54) is 0 Å². The van der Waals surface area contributed by atoms with Crippen molar-refractivity contribution in [1.82, 2.24) is 0 Å². The lowest BCUT2D eigenvalue weighted by atomic mass is 10.1. The van der Waals surface area contributed by atoms with E-state index in [-0.39, 0.29) is 11.9 Å². The summed E-state index contributed by atoms with van der Waals surface area (Å²) in [6.45, 7) is 6.04. The third-order valence-electron chi connectivity index (χ3n) is 2.29. The van der Waals surface area contributed by atoms with E-state index >= 15 is 0 Å². The number of benzene rings is 1. The normalized spacial score (nSPS) is 10.5. The Bertz CT molecular complexity index is 342. The van der Waals surface area contributed by atoms with Crippen molar-refractivity contribution in [2.75, 3.05) is 0 Å². The van der Waals surface area contributed by atoms with E-state index in [0.717, 1.165) is 24.2 Å². The van der Waals surface area contributed by atoms with Gasteiger partial charge in [-0.3, -0.25) is 4.79 Å². The fourth-order valence-electron chi connectivity index (χ4n) is 1.50. The maximum absolute atomic E-state index is 11.8. The van der Waals surface area contributed by atoms with Crippen molar-refractivity contribution in [2.45, 2.75) is 46.1 Å². The van der Waals surface area contributed by atoms with Crippen molar-refractivity contribution in [3.05, 3.63) is 29.8 Å². The fourth-order valence-corrected chi connectivity index (χ4v) is 1.50. The third kappa shape index (κ3) is 4.05. The number of carbonyl (C=O) groups is 1. The summed E-state index contributed by atoms with van der Waals surface area (Å²) in [5.41, 5.74) is 0.756. The van der Waals surface area contributed by atoms with Gasteiger partial charge in [0.05, 0.1) is 6.10 Å². The van der Waals surface area contributed by atoms with Crippen LogP contribution in [0.25, 0.3) is 0 Å². The number of hydrogen-bond donors (Lipinski definition) is 0. The molecule has 0 bridgehead atoms. The van der Waals surface area contributed by atoms with Gasteiger partial charge in [-0.2, -0.15) is 0 Å². The lowest BCUT2D eigenvalue weighted by molar-refractivity contribution is 0.0979. The average Bonchev–Trinajstić information content (AvgIpc) is 2.25. The van der Waals surface area contributed by atoms with Gasteiger partial charge in [0.2, 0.25) is 0 Å². The summed E-state index contributed by atoms with van der Waals surface area (Å²) in [4.78, 5) is 11.8. The molecule has 2 nitrogen and oxygen atoms in total. The van der Waals surface area contributed by atoms with E-state index in [4.69, 9.17) is 4.74 Å². The van der Waals surface area contributed by atoms with Gasteiger partial charge >= 0.3 is 0 Å². The molecule has 1 aromatic rings. The van der Waals surface area contributed by atoms with Crippen LogP contribution in [0, 0.1) is 0 Å². The van der Waals surface area contributed by atoms with Gasteiger partial charge in [-0.1, -0.05) is 25.5 Å². The first-order valence-corrected chi connectivity index (χ1v) is 5.93. The van der Waals surface area contributed by atoms with Gasteiger partial charge < -0.3 is 4.74 Å². The summed E-state index contributed by atoms with van der Waals surface area (Å²) in [5, 5.41) is 0. The van der Waals surface area contributed by atoms with Crippen molar-refractivity contribution < 1.29 is 9.53 Å². The van der Waals surface area contributed by atoms with Crippen LogP contribution in [0.1, 0.15) is 50.4 Å². The molecule has 16 heavy (non-hydrogen) atoms. The number of unbranched alkanes of at least 4 members (excludes halogenated alkanes) is 1. The van der Waals surface area contributed by atoms with Crippen LogP contribution in [-0.2, 0) is 0 Å². The Morgan fingerprint density at radius 3 is 2.75 bits per heavy atom. The molecule has 0 fully saturated rings. The second kappa shape index (κ2) is 6.31. The van der Waals surface area contributed by atoms with Gasteiger partial charge in [0.15, 0.2) is 5.78 Å². The fraction of sp³-hybridized carbons (Fsp3) is 0.500. The molecule has 1 aromatic carbocycles. The molecule has 0 radical (unpaired) electrons. The van der Waals surface area contributed by atoms with Crippen molar-refractivity contribution in [3.63, 3.8) is 0 Å². The maximum atomic E-state index is 11.8. The summed E-state index contributed by atoms with van der Waals surface area (Å²) in [5.74, 6) is 0.980. The number of ether oxygens (including phenoxy) is 1. The zero-order chi connectivity index (χ0) is 12.0. The number of ketones is 1. The second-order valence-electron chi connectivity index (χ2n) is 4.22. The molecule has 0 amide bonds. The molecule has 0 N–H and O–H groups in total. The van der Waals surface area contributed by atoms with Gasteiger partial charge in [-0.25, -0.2) is 0 Å². The Kier molecular flexibility index (Phi) is 5.03. The van der Waals surface area contributed by atoms with Crippen LogP contribution in [-0.4, -0.2) is 11.9 Å². The van der Waals surface area contributed by atoms with Crippen LogP contribution >= 0.6 is 0 Å². The summed E-state index contributed by atoms with van der Waals surface area (Å²) in [6.07, 6.45) is 2.77. The summed E-state index contributed by atoms with van der Waals surface area (Å²) in [6, 6.07) is 7.44.